The van der Waals surface area contributed by atoms with Crippen LogP contribution in [-0.2, 0) is 4.79 Å². The summed E-state index contributed by atoms with van der Waals surface area (Å²) in [6.45, 7) is 4.26. The van der Waals surface area contributed by atoms with Crippen LogP contribution in [-0.4, -0.2) is 21.1 Å². The zero-order chi connectivity index (χ0) is 18.0. The molecule has 1 N–H and O–H groups in total. The zero-order valence-corrected chi connectivity index (χ0v) is 17.2. The molecule has 8 atom stereocenters. The molecule has 0 aromatic rings. The highest BCUT2D eigenvalue weighted by molar-refractivity contribution is 9.18. The van der Waals surface area contributed by atoms with Gasteiger partial charge < -0.3 is 5.11 Å². The number of carbonyl (C=O) groups excluding carboxylic acids is 1. The lowest BCUT2D eigenvalue weighted by molar-refractivity contribution is -0.164. The van der Waals surface area contributed by atoms with Gasteiger partial charge in [-0.05, 0) is 116 Å². The Morgan fingerprint density at radius 3 is 2.56 bits per heavy atom. The molecule has 0 saturated heterocycles. The van der Waals surface area contributed by atoms with Gasteiger partial charge in [-0.1, -0.05) is 6.92 Å². The van der Waals surface area contributed by atoms with Crippen molar-refractivity contribution in [1.82, 2.24) is 0 Å². The highest BCUT2D eigenvalue weighted by Crippen LogP contribution is 2.66. The largest absolute Gasteiger partial charge is 0.390 e. The molecular formula is C21H32BrFO2. The second-order valence-corrected chi connectivity index (χ2v) is 11.0. The molecule has 4 aliphatic rings. The summed E-state index contributed by atoms with van der Waals surface area (Å²) in [7, 11) is 0. The standard InChI is InChI=1S/C21H32BrFO2/c1-19(25)9-10-21(23)14(12-19)3-5-15-16-6-4-13(11-18(22)24)20(16,2)8-7-17(15)21/h13-17,25H,3-12H2,1-2H3/t13-,14+,15-,16-,17?,19+,20-,21+/m0/s1. The molecular weight excluding hydrogens is 383 g/mol. The van der Waals surface area contributed by atoms with Crippen LogP contribution < -0.4 is 0 Å². The maximum absolute atomic E-state index is 16.2. The van der Waals surface area contributed by atoms with Crippen LogP contribution in [0, 0.1) is 35.0 Å². The molecule has 142 valence electrons. The van der Waals surface area contributed by atoms with Crippen molar-refractivity contribution in [3.63, 3.8) is 0 Å². The van der Waals surface area contributed by atoms with E-state index < -0.39 is 11.3 Å². The average Bonchev–Trinajstić information content (AvgIpc) is 2.84. The van der Waals surface area contributed by atoms with Crippen LogP contribution in [0.2, 0.25) is 0 Å². The van der Waals surface area contributed by atoms with Crippen LogP contribution >= 0.6 is 15.9 Å². The molecule has 0 aromatic heterocycles. The van der Waals surface area contributed by atoms with Crippen LogP contribution in [0.15, 0.2) is 0 Å². The predicted octanol–water partition coefficient (Wildman–Crippen LogP) is 5.41. The molecule has 0 heterocycles. The molecule has 0 spiro atoms. The first kappa shape index (κ1) is 18.4. The monoisotopic (exact) mass is 414 g/mol. The van der Waals surface area contributed by atoms with Crippen molar-refractivity contribution >= 4 is 20.6 Å². The van der Waals surface area contributed by atoms with Crippen LogP contribution in [0.3, 0.4) is 0 Å². The van der Waals surface area contributed by atoms with Gasteiger partial charge in [0.1, 0.15) is 5.67 Å². The van der Waals surface area contributed by atoms with Gasteiger partial charge in [-0.2, -0.15) is 0 Å². The Bertz CT molecular complexity index is 564. The highest BCUT2D eigenvalue weighted by atomic mass is 79.9. The first-order valence-corrected chi connectivity index (χ1v) is 11.0. The van der Waals surface area contributed by atoms with Gasteiger partial charge in [0.05, 0.1) is 5.60 Å². The van der Waals surface area contributed by atoms with Crippen molar-refractivity contribution in [3.05, 3.63) is 0 Å². The number of hydrogen-bond donors (Lipinski definition) is 1. The summed E-state index contributed by atoms with van der Waals surface area (Å²) in [4.78, 5) is 11.6. The number of halogens is 2. The highest BCUT2D eigenvalue weighted by Gasteiger charge is 2.62. The van der Waals surface area contributed by atoms with Crippen molar-refractivity contribution in [2.24, 2.45) is 35.0 Å². The van der Waals surface area contributed by atoms with E-state index in [1.807, 2.05) is 6.92 Å². The summed E-state index contributed by atoms with van der Waals surface area (Å²) in [5, 5.41) is 10.4. The number of rotatable bonds is 2. The third kappa shape index (κ3) is 2.85. The fourth-order valence-electron chi connectivity index (χ4n) is 7.62. The molecule has 4 aliphatic carbocycles. The molecule has 25 heavy (non-hydrogen) atoms. The summed E-state index contributed by atoms with van der Waals surface area (Å²) in [5.41, 5.74) is -1.52. The van der Waals surface area contributed by atoms with E-state index in [0.717, 1.165) is 32.1 Å². The van der Waals surface area contributed by atoms with E-state index in [2.05, 4.69) is 22.9 Å². The van der Waals surface area contributed by atoms with E-state index in [-0.39, 0.29) is 21.9 Å². The van der Waals surface area contributed by atoms with Crippen molar-refractivity contribution in [2.45, 2.75) is 89.3 Å². The van der Waals surface area contributed by atoms with Crippen LogP contribution in [0.5, 0.6) is 0 Å². The fourth-order valence-corrected chi connectivity index (χ4v) is 8.01. The molecule has 0 aliphatic heterocycles. The van der Waals surface area contributed by atoms with Gasteiger partial charge >= 0.3 is 0 Å². The number of carbonyl (C=O) groups is 1. The van der Waals surface area contributed by atoms with E-state index in [1.165, 1.54) is 6.42 Å². The predicted molar refractivity (Wildman–Crippen MR) is 100 cm³/mol. The molecule has 4 heteroatoms. The molecule has 0 radical (unpaired) electrons. The maximum Gasteiger partial charge on any atom is 0.198 e. The summed E-state index contributed by atoms with van der Waals surface area (Å²) in [5.74, 6) is 1.75. The quantitative estimate of drug-likeness (QED) is 0.613. The van der Waals surface area contributed by atoms with Crippen molar-refractivity contribution in [1.29, 1.82) is 0 Å². The van der Waals surface area contributed by atoms with Gasteiger partial charge in [0.2, 0.25) is 0 Å². The van der Waals surface area contributed by atoms with Crippen molar-refractivity contribution in [3.8, 4) is 0 Å². The van der Waals surface area contributed by atoms with Gasteiger partial charge in [-0.3, -0.25) is 4.79 Å². The molecule has 0 aromatic carbocycles. The Labute approximate surface area is 159 Å². The third-order valence-electron chi connectivity index (χ3n) is 8.92. The van der Waals surface area contributed by atoms with Crippen LogP contribution in [0.25, 0.3) is 0 Å². The molecule has 0 bridgehead atoms. The number of alkyl halides is 1. The molecule has 1 unspecified atom stereocenters. The molecule has 4 fully saturated rings. The second-order valence-electron chi connectivity index (χ2n) is 10.2. The number of aliphatic hydroxyl groups is 1. The maximum atomic E-state index is 16.2. The summed E-state index contributed by atoms with van der Waals surface area (Å²) >= 11 is 3.14. The van der Waals surface area contributed by atoms with E-state index in [9.17, 15) is 9.90 Å². The lowest BCUT2D eigenvalue weighted by Crippen LogP contribution is -2.58. The van der Waals surface area contributed by atoms with E-state index in [1.54, 1.807) is 0 Å². The van der Waals surface area contributed by atoms with Crippen molar-refractivity contribution in [2.75, 3.05) is 0 Å². The summed E-state index contributed by atoms with van der Waals surface area (Å²) < 4.78 is 16.3. The lowest BCUT2D eigenvalue weighted by atomic mass is 9.48. The molecule has 4 rings (SSSR count). The van der Waals surface area contributed by atoms with E-state index in [0.29, 0.717) is 43.4 Å². The number of fused-ring (bicyclic) bond motifs is 5. The van der Waals surface area contributed by atoms with Crippen LogP contribution in [0.1, 0.15) is 78.1 Å². The van der Waals surface area contributed by atoms with Gasteiger partial charge in [0, 0.05) is 6.42 Å². The molecule has 0 amide bonds. The minimum absolute atomic E-state index is 0.0446. The Morgan fingerprint density at radius 1 is 1.08 bits per heavy atom. The lowest BCUT2D eigenvalue weighted by Gasteiger charge is -2.59. The van der Waals surface area contributed by atoms with Gasteiger partial charge in [-0.15, -0.1) is 0 Å². The SMILES string of the molecule is C[C@@]1(O)CC[C@]2(F)C3CC[C@@]4(C)[C@H](CC(=O)Br)CC[C@H]4[C@@H]3CC[C@@H]2C1. The normalized spacial score (nSPS) is 55.2. The number of hydrogen-bond acceptors (Lipinski definition) is 2. The van der Waals surface area contributed by atoms with E-state index >= 15 is 4.39 Å². The van der Waals surface area contributed by atoms with Gasteiger partial charge in [0.25, 0.3) is 0 Å². The van der Waals surface area contributed by atoms with Crippen molar-refractivity contribution < 1.29 is 14.3 Å². The first-order valence-electron chi connectivity index (χ1n) is 10.3. The van der Waals surface area contributed by atoms with Gasteiger partial charge in [-0.25, -0.2) is 4.39 Å². The topological polar surface area (TPSA) is 37.3 Å². The molecule has 2 nitrogen and oxygen atoms in total. The zero-order valence-electron chi connectivity index (χ0n) is 15.6. The van der Waals surface area contributed by atoms with Crippen LogP contribution in [0.4, 0.5) is 4.39 Å². The second kappa shape index (κ2) is 6.02. The summed E-state index contributed by atoms with van der Waals surface area (Å²) in [6, 6.07) is 0. The first-order chi connectivity index (χ1) is 11.7. The Morgan fingerprint density at radius 2 is 1.84 bits per heavy atom. The van der Waals surface area contributed by atoms with Gasteiger partial charge in [0.15, 0.2) is 4.69 Å². The molecule has 4 saturated carbocycles. The average molecular weight is 415 g/mol. The minimum atomic E-state index is -1.06. The fraction of sp³-hybridized carbons (Fsp3) is 0.952. The Hall–Kier alpha value is 0.0400. The van der Waals surface area contributed by atoms with E-state index in [4.69, 9.17) is 0 Å². The Kier molecular flexibility index (Phi) is 4.43. The summed E-state index contributed by atoms with van der Waals surface area (Å²) in [6.07, 6.45) is 8.80. The Balaban J connectivity index is 1.57. The third-order valence-corrected chi connectivity index (χ3v) is 9.24. The smallest absolute Gasteiger partial charge is 0.198 e. The minimum Gasteiger partial charge on any atom is -0.390 e.